The Bertz CT molecular complexity index is 908. The molecule has 1 aliphatic rings. The highest BCUT2D eigenvalue weighted by molar-refractivity contribution is 9.10. The summed E-state index contributed by atoms with van der Waals surface area (Å²) in [7, 11) is -3.59. The molecule has 8 heteroatoms. The van der Waals surface area contributed by atoms with Gasteiger partial charge in [0.25, 0.3) is 5.91 Å². The molecule has 3 rings (SSSR count). The summed E-state index contributed by atoms with van der Waals surface area (Å²) in [4.78, 5) is 14.6. The Kier molecular flexibility index (Phi) is 6.18. The minimum atomic E-state index is -3.59. The lowest BCUT2D eigenvalue weighted by Gasteiger charge is -2.34. The Hall–Kier alpha value is -1.90. The van der Waals surface area contributed by atoms with Gasteiger partial charge in [-0.1, -0.05) is 12.1 Å². The molecule has 0 saturated carbocycles. The molecule has 0 atom stereocenters. The fourth-order valence-electron chi connectivity index (χ4n) is 2.97. The lowest BCUT2D eigenvalue weighted by atomic mass is 10.2. The second-order valence-corrected chi connectivity index (χ2v) is 8.84. The zero-order chi connectivity index (χ0) is 19.4. The molecule has 6 nitrogen and oxygen atoms in total. The molecule has 1 heterocycles. The van der Waals surface area contributed by atoms with Crippen LogP contribution in [0.4, 0.5) is 0 Å². The van der Waals surface area contributed by atoms with Crippen molar-refractivity contribution in [1.29, 1.82) is 0 Å². The van der Waals surface area contributed by atoms with Gasteiger partial charge in [0, 0.05) is 36.2 Å². The second kappa shape index (κ2) is 8.41. The van der Waals surface area contributed by atoms with Crippen molar-refractivity contribution in [1.82, 2.24) is 9.21 Å². The predicted molar refractivity (Wildman–Crippen MR) is 106 cm³/mol. The number of rotatable bonds is 5. The van der Waals surface area contributed by atoms with E-state index in [0.717, 1.165) is 5.75 Å². The van der Waals surface area contributed by atoms with Crippen molar-refractivity contribution in [2.75, 3.05) is 32.8 Å². The molecule has 0 aromatic heterocycles. The molecule has 1 saturated heterocycles. The lowest BCUT2D eigenvalue weighted by molar-refractivity contribution is 0.0698. The molecule has 0 aliphatic carbocycles. The van der Waals surface area contributed by atoms with E-state index < -0.39 is 10.0 Å². The summed E-state index contributed by atoms with van der Waals surface area (Å²) in [6, 6.07) is 13.8. The predicted octanol–water partition coefficient (Wildman–Crippen LogP) is 2.99. The normalized spacial score (nSPS) is 15.6. The Morgan fingerprint density at radius 1 is 1.04 bits per heavy atom. The number of nitrogens with zero attached hydrogens (tertiary/aromatic N) is 2. The van der Waals surface area contributed by atoms with E-state index in [9.17, 15) is 13.2 Å². The summed E-state index contributed by atoms with van der Waals surface area (Å²) in [5, 5.41) is 0. The largest absolute Gasteiger partial charge is 0.494 e. The molecule has 0 radical (unpaired) electrons. The van der Waals surface area contributed by atoms with Gasteiger partial charge in [-0.3, -0.25) is 4.79 Å². The molecular formula is C19H21BrN2O4S. The third kappa shape index (κ3) is 4.34. The summed E-state index contributed by atoms with van der Waals surface area (Å²) in [5.41, 5.74) is 0.570. The number of ether oxygens (including phenoxy) is 1. The van der Waals surface area contributed by atoms with Crippen molar-refractivity contribution in [2.45, 2.75) is 11.8 Å². The van der Waals surface area contributed by atoms with Gasteiger partial charge in [-0.05, 0) is 59.3 Å². The van der Waals surface area contributed by atoms with Gasteiger partial charge in [-0.15, -0.1) is 0 Å². The third-order valence-corrected chi connectivity index (χ3v) is 7.30. The minimum Gasteiger partial charge on any atom is -0.494 e. The molecule has 0 unspecified atom stereocenters. The van der Waals surface area contributed by atoms with Crippen molar-refractivity contribution >= 4 is 31.9 Å². The standard InChI is InChI=1S/C19H21BrN2O4S/c1-2-26-16-9-7-15(8-10-16)19(23)21-11-13-22(14-12-21)27(24,25)18-6-4-3-5-17(18)20/h3-10H,2,11-14H2,1H3. The Morgan fingerprint density at radius 3 is 2.26 bits per heavy atom. The highest BCUT2D eigenvalue weighted by Gasteiger charge is 2.31. The maximum absolute atomic E-state index is 12.8. The van der Waals surface area contributed by atoms with Crippen LogP contribution in [0.3, 0.4) is 0 Å². The van der Waals surface area contributed by atoms with Gasteiger partial charge < -0.3 is 9.64 Å². The number of hydrogen-bond acceptors (Lipinski definition) is 4. The summed E-state index contributed by atoms with van der Waals surface area (Å²) >= 11 is 3.30. The first-order valence-electron chi connectivity index (χ1n) is 8.70. The minimum absolute atomic E-state index is 0.101. The average Bonchev–Trinajstić information content (AvgIpc) is 2.68. The van der Waals surface area contributed by atoms with Crippen molar-refractivity contribution in [3.63, 3.8) is 0 Å². The maximum atomic E-state index is 12.8. The number of piperazine rings is 1. The van der Waals surface area contributed by atoms with Crippen LogP contribution in [0.5, 0.6) is 5.75 Å². The molecule has 1 fully saturated rings. The van der Waals surface area contributed by atoms with Gasteiger partial charge in [0.05, 0.1) is 11.5 Å². The van der Waals surface area contributed by atoms with Crippen LogP contribution in [-0.4, -0.2) is 56.3 Å². The molecule has 2 aromatic carbocycles. The topological polar surface area (TPSA) is 66.9 Å². The summed E-state index contributed by atoms with van der Waals surface area (Å²) in [6.45, 7) is 3.73. The van der Waals surface area contributed by atoms with Crippen LogP contribution in [0.15, 0.2) is 57.9 Å². The van der Waals surface area contributed by atoms with E-state index in [1.165, 1.54) is 4.31 Å². The number of halogens is 1. The number of hydrogen-bond donors (Lipinski definition) is 0. The lowest BCUT2D eigenvalue weighted by Crippen LogP contribution is -2.50. The Labute approximate surface area is 167 Å². The molecule has 27 heavy (non-hydrogen) atoms. The number of amides is 1. The van der Waals surface area contributed by atoms with Gasteiger partial charge in [-0.2, -0.15) is 4.31 Å². The highest BCUT2D eigenvalue weighted by atomic mass is 79.9. The van der Waals surface area contributed by atoms with Gasteiger partial charge in [0.1, 0.15) is 5.75 Å². The average molecular weight is 453 g/mol. The summed E-state index contributed by atoms with van der Waals surface area (Å²) < 4.78 is 33.0. The number of carbonyl (C=O) groups is 1. The van der Waals surface area contributed by atoms with E-state index in [1.54, 1.807) is 53.4 Å². The Morgan fingerprint density at radius 2 is 1.67 bits per heavy atom. The summed E-state index contributed by atoms with van der Waals surface area (Å²) in [6.07, 6.45) is 0. The zero-order valence-corrected chi connectivity index (χ0v) is 17.4. The second-order valence-electron chi connectivity index (χ2n) is 6.08. The first kappa shape index (κ1) is 19.9. The third-order valence-electron chi connectivity index (χ3n) is 4.39. The van der Waals surface area contributed by atoms with E-state index in [4.69, 9.17) is 4.74 Å². The maximum Gasteiger partial charge on any atom is 0.253 e. The smallest absolute Gasteiger partial charge is 0.253 e. The zero-order valence-electron chi connectivity index (χ0n) is 15.0. The van der Waals surface area contributed by atoms with Crippen LogP contribution >= 0.6 is 15.9 Å². The van der Waals surface area contributed by atoms with Crippen LogP contribution in [-0.2, 0) is 10.0 Å². The molecular weight excluding hydrogens is 432 g/mol. The fourth-order valence-corrected chi connectivity index (χ4v) is 5.35. The molecule has 1 amide bonds. The first-order valence-corrected chi connectivity index (χ1v) is 10.9. The number of sulfonamides is 1. The quantitative estimate of drug-likeness (QED) is 0.698. The van der Waals surface area contributed by atoms with Crippen molar-refractivity contribution in [3.05, 3.63) is 58.6 Å². The molecule has 0 N–H and O–H groups in total. The van der Waals surface area contributed by atoms with Crippen LogP contribution < -0.4 is 4.74 Å². The SMILES string of the molecule is CCOc1ccc(C(=O)N2CCN(S(=O)(=O)c3ccccc3Br)CC2)cc1. The van der Waals surface area contributed by atoms with Crippen molar-refractivity contribution in [3.8, 4) is 5.75 Å². The van der Waals surface area contributed by atoms with Gasteiger partial charge in [-0.25, -0.2) is 8.42 Å². The molecule has 144 valence electrons. The van der Waals surface area contributed by atoms with E-state index in [0.29, 0.717) is 29.7 Å². The van der Waals surface area contributed by atoms with E-state index >= 15 is 0 Å². The van der Waals surface area contributed by atoms with Crippen LogP contribution in [0.1, 0.15) is 17.3 Å². The number of benzene rings is 2. The molecule has 1 aliphatic heterocycles. The van der Waals surface area contributed by atoms with Gasteiger partial charge >= 0.3 is 0 Å². The Balaban J connectivity index is 1.66. The first-order chi connectivity index (χ1) is 12.9. The molecule has 0 spiro atoms. The monoisotopic (exact) mass is 452 g/mol. The van der Waals surface area contributed by atoms with Gasteiger partial charge in [0.2, 0.25) is 10.0 Å². The highest BCUT2D eigenvalue weighted by Crippen LogP contribution is 2.25. The van der Waals surface area contributed by atoms with Crippen molar-refractivity contribution in [2.24, 2.45) is 0 Å². The van der Waals surface area contributed by atoms with Gasteiger partial charge in [0.15, 0.2) is 0 Å². The van der Waals surface area contributed by atoms with Crippen molar-refractivity contribution < 1.29 is 17.9 Å². The van der Waals surface area contributed by atoms with Crippen LogP contribution in [0.25, 0.3) is 0 Å². The molecule has 2 aromatic rings. The van der Waals surface area contributed by atoms with Crippen LogP contribution in [0.2, 0.25) is 0 Å². The van der Waals surface area contributed by atoms with E-state index in [2.05, 4.69) is 15.9 Å². The van der Waals surface area contributed by atoms with E-state index in [-0.39, 0.29) is 23.9 Å². The fraction of sp³-hybridized carbons (Fsp3) is 0.316. The van der Waals surface area contributed by atoms with Crippen LogP contribution in [0, 0.1) is 0 Å². The number of carbonyl (C=O) groups excluding carboxylic acids is 1. The summed E-state index contributed by atoms with van der Waals surface area (Å²) in [5.74, 6) is 0.620. The molecule has 0 bridgehead atoms. The van der Waals surface area contributed by atoms with E-state index in [1.807, 2.05) is 6.92 Å².